The molecule has 3 aromatic heterocycles. The van der Waals surface area contributed by atoms with Crippen LogP contribution in [0.2, 0.25) is 0 Å². The summed E-state index contributed by atoms with van der Waals surface area (Å²) >= 11 is 0. The molecule has 0 saturated heterocycles. The first-order valence-corrected chi connectivity index (χ1v) is 18.0. The number of benzene rings is 7. The minimum atomic E-state index is -0.0666. The minimum absolute atomic E-state index is 0.0666. The van der Waals surface area contributed by atoms with Gasteiger partial charge in [-0.2, -0.15) is 0 Å². The van der Waals surface area contributed by atoms with E-state index in [1.807, 2.05) is 60.7 Å². The van der Waals surface area contributed by atoms with E-state index < -0.39 is 0 Å². The van der Waals surface area contributed by atoms with Crippen molar-refractivity contribution >= 4 is 43.7 Å². The van der Waals surface area contributed by atoms with Crippen LogP contribution in [0.3, 0.4) is 0 Å². The van der Waals surface area contributed by atoms with Crippen LogP contribution in [0.25, 0.3) is 94.7 Å². The van der Waals surface area contributed by atoms with E-state index in [4.69, 9.17) is 19.4 Å². The van der Waals surface area contributed by atoms with Gasteiger partial charge in [0.05, 0.1) is 16.6 Å². The molecule has 11 rings (SSSR count). The van der Waals surface area contributed by atoms with Crippen molar-refractivity contribution in [3.8, 4) is 51.0 Å². The smallest absolute Gasteiger partial charge is 0.167 e. The molecule has 0 atom stereocenters. The van der Waals surface area contributed by atoms with Crippen molar-refractivity contribution in [1.82, 2.24) is 19.5 Å². The second kappa shape index (κ2) is 11.1. The Morgan fingerprint density at radius 1 is 0.453 bits per heavy atom. The van der Waals surface area contributed by atoms with Gasteiger partial charge in [0, 0.05) is 43.8 Å². The van der Waals surface area contributed by atoms with E-state index in [0.717, 1.165) is 44.3 Å². The summed E-state index contributed by atoms with van der Waals surface area (Å²) in [6.45, 7) is 4.68. The zero-order valence-electron chi connectivity index (χ0n) is 29.2. The summed E-state index contributed by atoms with van der Waals surface area (Å²) in [5.74, 6) is 1.79. The SMILES string of the molecule is CC1(C)c2ccccc2-c2cc3c(cc21)c1ccccc1n3-c1ccc(-c2nc(-c3ccccc3)nc(-c3cccc4c3oc3ccccc34)n2)cc1. The van der Waals surface area contributed by atoms with Crippen molar-refractivity contribution < 1.29 is 4.42 Å². The van der Waals surface area contributed by atoms with E-state index in [-0.39, 0.29) is 5.41 Å². The first-order chi connectivity index (χ1) is 26.0. The Bertz CT molecular complexity index is 3080. The maximum atomic E-state index is 6.41. The van der Waals surface area contributed by atoms with Gasteiger partial charge in [-0.15, -0.1) is 0 Å². The van der Waals surface area contributed by atoms with Gasteiger partial charge in [-0.3, -0.25) is 0 Å². The lowest BCUT2D eigenvalue weighted by atomic mass is 9.82. The molecule has 0 amide bonds. The first-order valence-electron chi connectivity index (χ1n) is 18.0. The van der Waals surface area contributed by atoms with Crippen LogP contribution in [0.1, 0.15) is 25.0 Å². The van der Waals surface area contributed by atoms with Crippen molar-refractivity contribution in [2.24, 2.45) is 0 Å². The topological polar surface area (TPSA) is 56.7 Å². The quantitative estimate of drug-likeness (QED) is 0.186. The first kappa shape index (κ1) is 29.8. The molecule has 0 spiro atoms. The standard InChI is InChI=1S/C48H32N4O/c1-48(2)39-20-9-6-15-32(39)37-28-42-38(27-40(37)48)33-16-7-10-21-41(33)52(42)31-25-23-30(24-26-31)46-49-45(29-13-4-3-5-14-29)50-47(51-46)36-19-12-18-35-34-17-8-11-22-43(34)53-44(35)36/h3-28H,1-2H3. The molecule has 3 heterocycles. The summed E-state index contributed by atoms with van der Waals surface area (Å²) in [6.07, 6.45) is 0. The molecule has 53 heavy (non-hydrogen) atoms. The molecule has 0 bridgehead atoms. The molecule has 7 aromatic carbocycles. The number of rotatable bonds is 4. The predicted octanol–water partition coefficient (Wildman–Crippen LogP) is 12.2. The number of nitrogens with zero attached hydrogens (tertiary/aromatic N) is 4. The Morgan fingerprint density at radius 3 is 1.92 bits per heavy atom. The highest BCUT2D eigenvalue weighted by molar-refractivity contribution is 6.12. The Hall–Kier alpha value is -6.85. The second-order valence-electron chi connectivity index (χ2n) is 14.4. The fraction of sp³-hybridized carbons (Fsp3) is 0.0625. The molecule has 0 unspecified atom stereocenters. The van der Waals surface area contributed by atoms with Gasteiger partial charge in [0.1, 0.15) is 11.2 Å². The van der Waals surface area contributed by atoms with Gasteiger partial charge in [-0.05, 0) is 76.9 Å². The largest absolute Gasteiger partial charge is 0.455 e. The molecule has 10 aromatic rings. The van der Waals surface area contributed by atoms with Gasteiger partial charge in [0.25, 0.3) is 0 Å². The van der Waals surface area contributed by atoms with Gasteiger partial charge >= 0.3 is 0 Å². The summed E-state index contributed by atoms with van der Waals surface area (Å²) in [7, 11) is 0. The summed E-state index contributed by atoms with van der Waals surface area (Å²) < 4.78 is 8.80. The van der Waals surface area contributed by atoms with Crippen LogP contribution in [-0.2, 0) is 5.41 Å². The summed E-state index contributed by atoms with van der Waals surface area (Å²) in [4.78, 5) is 15.1. The second-order valence-corrected chi connectivity index (χ2v) is 14.4. The summed E-state index contributed by atoms with van der Waals surface area (Å²) in [6, 6.07) is 55.3. The number of hydrogen-bond acceptors (Lipinski definition) is 4. The Balaban J connectivity index is 1.08. The molecule has 0 radical (unpaired) electrons. The van der Waals surface area contributed by atoms with E-state index in [1.54, 1.807) is 0 Å². The Labute approximate surface area is 305 Å². The van der Waals surface area contributed by atoms with Crippen LogP contribution in [0.5, 0.6) is 0 Å². The van der Waals surface area contributed by atoms with Crippen molar-refractivity contribution in [2.45, 2.75) is 19.3 Å². The van der Waals surface area contributed by atoms with Crippen molar-refractivity contribution in [2.75, 3.05) is 0 Å². The van der Waals surface area contributed by atoms with E-state index in [2.05, 4.69) is 115 Å². The van der Waals surface area contributed by atoms with Crippen molar-refractivity contribution in [3.05, 3.63) is 169 Å². The molecule has 5 heteroatoms. The molecule has 5 nitrogen and oxygen atoms in total. The van der Waals surface area contributed by atoms with Gasteiger partial charge in [0.2, 0.25) is 0 Å². The third-order valence-electron chi connectivity index (χ3n) is 11.1. The van der Waals surface area contributed by atoms with Crippen LogP contribution in [0.4, 0.5) is 0 Å². The summed E-state index contributed by atoms with van der Waals surface area (Å²) in [5.41, 5.74) is 13.0. The normalized spacial score (nSPS) is 13.2. The zero-order chi connectivity index (χ0) is 35.3. The van der Waals surface area contributed by atoms with Crippen LogP contribution < -0.4 is 0 Å². The maximum absolute atomic E-state index is 6.41. The van der Waals surface area contributed by atoms with Crippen molar-refractivity contribution in [3.63, 3.8) is 0 Å². The van der Waals surface area contributed by atoms with E-state index in [0.29, 0.717) is 17.5 Å². The summed E-state index contributed by atoms with van der Waals surface area (Å²) in [5, 5.41) is 4.61. The number of aromatic nitrogens is 4. The average molecular weight is 681 g/mol. The fourth-order valence-corrected chi connectivity index (χ4v) is 8.47. The van der Waals surface area contributed by atoms with Crippen molar-refractivity contribution in [1.29, 1.82) is 0 Å². The lowest BCUT2D eigenvalue weighted by molar-refractivity contribution is 0.661. The van der Waals surface area contributed by atoms with Gasteiger partial charge in [-0.1, -0.05) is 117 Å². The van der Waals surface area contributed by atoms with E-state index in [1.165, 1.54) is 44.1 Å². The van der Waals surface area contributed by atoms with Gasteiger partial charge in [0.15, 0.2) is 17.5 Å². The molecule has 0 fully saturated rings. The van der Waals surface area contributed by atoms with Gasteiger partial charge < -0.3 is 8.98 Å². The van der Waals surface area contributed by atoms with Crippen LogP contribution in [0.15, 0.2) is 162 Å². The fourth-order valence-electron chi connectivity index (χ4n) is 8.47. The predicted molar refractivity (Wildman–Crippen MR) is 215 cm³/mol. The molecule has 0 saturated carbocycles. The number of fused-ring (bicyclic) bond motifs is 9. The molecule has 1 aliphatic carbocycles. The highest BCUT2D eigenvalue weighted by Crippen LogP contribution is 2.51. The molecule has 250 valence electrons. The molecular formula is C48H32N4O. The zero-order valence-corrected chi connectivity index (χ0v) is 29.2. The third kappa shape index (κ3) is 4.40. The highest BCUT2D eigenvalue weighted by Gasteiger charge is 2.36. The minimum Gasteiger partial charge on any atom is -0.455 e. The Morgan fingerprint density at radius 2 is 1.09 bits per heavy atom. The van der Waals surface area contributed by atoms with Gasteiger partial charge in [-0.25, -0.2) is 15.0 Å². The number of hydrogen-bond donors (Lipinski definition) is 0. The average Bonchev–Trinajstić information content (AvgIpc) is 3.83. The molecular weight excluding hydrogens is 649 g/mol. The van der Waals surface area contributed by atoms with Crippen LogP contribution in [-0.4, -0.2) is 19.5 Å². The van der Waals surface area contributed by atoms with E-state index >= 15 is 0 Å². The van der Waals surface area contributed by atoms with Crippen LogP contribution in [0, 0.1) is 0 Å². The number of furan rings is 1. The highest BCUT2D eigenvalue weighted by atomic mass is 16.3. The third-order valence-corrected chi connectivity index (χ3v) is 11.1. The van der Waals surface area contributed by atoms with Crippen LogP contribution >= 0.6 is 0 Å². The molecule has 0 aliphatic heterocycles. The lowest BCUT2D eigenvalue weighted by Gasteiger charge is -2.21. The van der Waals surface area contributed by atoms with E-state index in [9.17, 15) is 0 Å². The number of para-hydroxylation sites is 3. The Kier molecular flexibility index (Phi) is 6.23. The lowest BCUT2D eigenvalue weighted by Crippen LogP contribution is -2.14. The monoisotopic (exact) mass is 680 g/mol. The molecule has 0 N–H and O–H groups in total. The maximum Gasteiger partial charge on any atom is 0.167 e. The molecule has 1 aliphatic rings.